The van der Waals surface area contributed by atoms with Crippen molar-refractivity contribution in [1.29, 1.82) is 0 Å². The lowest BCUT2D eigenvalue weighted by Gasteiger charge is -2.37. The van der Waals surface area contributed by atoms with Crippen LogP contribution < -0.4 is 10.7 Å². The third kappa shape index (κ3) is 12.3. The zero-order valence-electron chi connectivity index (χ0n) is 47.2. The molecule has 8 rings (SSSR count). The highest BCUT2D eigenvalue weighted by Gasteiger charge is 2.54. The summed E-state index contributed by atoms with van der Waals surface area (Å²) in [5.41, 5.74) is 4.90. The first kappa shape index (κ1) is 58.3. The fourth-order valence-corrected chi connectivity index (χ4v) is 11.3. The maximum Gasteiger partial charge on any atom is 0.406 e. The summed E-state index contributed by atoms with van der Waals surface area (Å²) in [6, 6.07) is 12.1. The van der Waals surface area contributed by atoms with Crippen LogP contribution in [0.5, 0.6) is 0 Å². The van der Waals surface area contributed by atoms with Gasteiger partial charge in [-0.15, -0.1) is 0 Å². The number of alkyl halides is 3. The van der Waals surface area contributed by atoms with Crippen LogP contribution in [0.4, 0.5) is 18.0 Å². The van der Waals surface area contributed by atoms with Crippen LogP contribution in [0.15, 0.2) is 60.8 Å². The first-order valence-corrected chi connectivity index (χ1v) is 27.1. The molecule has 5 atom stereocenters. The Morgan fingerprint density at radius 3 is 2.39 bits per heavy atom. The lowest BCUT2D eigenvalue weighted by atomic mass is 9.84. The maximum atomic E-state index is 14.9. The number of likely N-dealkylation sites (N-methyl/N-ethyl adjacent to an activating group) is 1. The van der Waals surface area contributed by atoms with Crippen LogP contribution >= 0.6 is 0 Å². The molecular formula is C59H74F3N9O8. The van der Waals surface area contributed by atoms with Gasteiger partial charge in [-0.2, -0.15) is 13.2 Å². The standard InChI is InChI=1S/C59H74F3N9O8/c1-36(2)49(67(10)55(77)69-28-24-58(54(69)76)23-27-68(33-58)47(72)21-22-57(6,7)66(8)9)51(73)64-45-30-38-15-12-16-39(29-38)40-19-20-46-42(31-40)43(32-56(4,5)35-79-53(75)44-18-14-26-71(65-44)52(45)74)50(70(46)34-59(60,61)62)41-17-13-25-63-48(41)37(3)78-11/h12-13,15-17,19-20,25,29,31,36-37,44-45,49,65H,14,18,23-24,26-28,30,32-35H2,1-11H3,(H,64,73)/t37-,44-,45-,49-,58-/m0/s1. The predicted octanol–water partition coefficient (Wildman–Crippen LogP) is 7.16. The number of amides is 6. The topological polar surface area (TPSA) is 179 Å². The number of carbonyl (C=O) groups is 6. The number of likely N-dealkylation sites (tertiary alicyclic amines) is 2. The number of benzene rings is 2. The highest BCUT2D eigenvalue weighted by molar-refractivity contribution is 6.02. The molecule has 4 aromatic rings. The number of urea groups is 1. The highest BCUT2D eigenvalue weighted by Crippen LogP contribution is 2.44. The van der Waals surface area contributed by atoms with Crippen molar-refractivity contribution in [3.8, 4) is 34.2 Å². The number of nitrogens with zero attached hydrogens (tertiary/aromatic N) is 7. The molecule has 4 aliphatic rings. The Balaban J connectivity index is 1.13. The Hall–Kier alpha value is -6.82. The minimum absolute atomic E-state index is 0.0389. The van der Waals surface area contributed by atoms with Gasteiger partial charge in [0.1, 0.15) is 24.7 Å². The van der Waals surface area contributed by atoms with Gasteiger partial charge in [0, 0.05) is 74.8 Å². The SMILES string of the molecule is CO[C@@H](C)c1ncccc1-c1c2c3cc(ccc3n1CC(F)(F)F)-c1cccc(c1)C[C@H](NC(=O)[C@H](C(C)C)N(C)C(=O)N1CC[C@]3(CCN(C(=O)C#CC(C)(C)N(C)C)C3)C1=O)C(=O)N1CCC[C@H](N1)C(=O)OCC(C)(C)C2. The number of hydrazine groups is 1. The summed E-state index contributed by atoms with van der Waals surface area (Å²) in [6.07, 6.45) is -2.01. The van der Waals surface area contributed by atoms with Crippen molar-refractivity contribution in [2.24, 2.45) is 16.7 Å². The van der Waals surface area contributed by atoms with E-state index in [-0.39, 0.29) is 39.1 Å². The molecule has 0 radical (unpaired) electrons. The molecule has 2 aromatic heterocycles. The average Bonchev–Trinajstić information content (AvgIpc) is 4.26. The molecule has 0 aliphatic carbocycles. The molecule has 2 aromatic carbocycles. The molecule has 4 aliphatic heterocycles. The van der Waals surface area contributed by atoms with Crippen molar-refractivity contribution in [2.75, 3.05) is 61.0 Å². The van der Waals surface area contributed by atoms with Crippen molar-refractivity contribution in [3.05, 3.63) is 77.6 Å². The van der Waals surface area contributed by atoms with Crippen LogP contribution in [0.2, 0.25) is 0 Å². The number of fused-ring (bicyclic) bond motifs is 6. The molecule has 3 saturated heterocycles. The van der Waals surface area contributed by atoms with Gasteiger partial charge in [0.05, 0.1) is 35.1 Å². The monoisotopic (exact) mass is 1090 g/mol. The van der Waals surface area contributed by atoms with E-state index in [0.29, 0.717) is 82.3 Å². The molecule has 424 valence electrons. The molecule has 1 spiro atoms. The molecule has 0 saturated carbocycles. The summed E-state index contributed by atoms with van der Waals surface area (Å²) < 4.78 is 57.3. The smallest absolute Gasteiger partial charge is 0.406 e. The maximum absolute atomic E-state index is 14.9. The Bertz CT molecular complexity index is 3090. The summed E-state index contributed by atoms with van der Waals surface area (Å²) in [7, 11) is 6.71. The van der Waals surface area contributed by atoms with E-state index in [1.54, 1.807) is 56.1 Å². The summed E-state index contributed by atoms with van der Waals surface area (Å²) >= 11 is 0. The van der Waals surface area contributed by atoms with Gasteiger partial charge in [-0.25, -0.2) is 10.2 Å². The minimum Gasteiger partial charge on any atom is -0.464 e. The van der Waals surface area contributed by atoms with E-state index < -0.39 is 94.9 Å². The molecule has 17 nitrogen and oxygen atoms in total. The number of pyridine rings is 1. The molecule has 79 heavy (non-hydrogen) atoms. The normalized spacial score (nSPS) is 21.7. The summed E-state index contributed by atoms with van der Waals surface area (Å²) in [5, 5.41) is 4.85. The van der Waals surface area contributed by atoms with Crippen molar-refractivity contribution >= 4 is 46.5 Å². The fourth-order valence-electron chi connectivity index (χ4n) is 11.3. The van der Waals surface area contributed by atoms with Gasteiger partial charge in [-0.1, -0.05) is 63.9 Å². The van der Waals surface area contributed by atoms with Crippen molar-refractivity contribution in [1.82, 2.24) is 44.9 Å². The predicted molar refractivity (Wildman–Crippen MR) is 291 cm³/mol. The zero-order chi connectivity index (χ0) is 57.5. The van der Waals surface area contributed by atoms with Crippen LogP contribution in [-0.4, -0.2) is 161 Å². The second-order valence-electron chi connectivity index (χ2n) is 23.6. The van der Waals surface area contributed by atoms with Crippen molar-refractivity contribution < 1.29 is 51.4 Å². The molecule has 20 heteroatoms. The number of esters is 1. The number of carbonyl (C=O) groups excluding carboxylic acids is 6. The number of hydrogen-bond donors (Lipinski definition) is 2. The van der Waals surface area contributed by atoms with E-state index in [1.165, 1.54) is 28.6 Å². The van der Waals surface area contributed by atoms with Crippen molar-refractivity contribution in [3.63, 3.8) is 0 Å². The molecule has 0 unspecified atom stereocenters. The molecule has 3 fully saturated rings. The van der Waals surface area contributed by atoms with Gasteiger partial charge >= 0.3 is 18.2 Å². The van der Waals surface area contributed by atoms with E-state index in [4.69, 9.17) is 9.47 Å². The number of halogens is 3. The zero-order valence-corrected chi connectivity index (χ0v) is 47.2. The number of rotatable bonds is 9. The summed E-state index contributed by atoms with van der Waals surface area (Å²) in [5.74, 6) is 2.62. The Kier molecular flexibility index (Phi) is 16.8. The third-order valence-corrected chi connectivity index (χ3v) is 16.2. The van der Waals surface area contributed by atoms with E-state index in [1.807, 2.05) is 77.0 Å². The average molecular weight is 1090 g/mol. The number of nitrogens with one attached hydrogen (secondary N) is 2. The number of hydrogen-bond acceptors (Lipinski definition) is 11. The first-order valence-electron chi connectivity index (χ1n) is 27.1. The van der Waals surface area contributed by atoms with E-state index in [9.17, 15) is 41.9 Å². The number of aromatic nitrogens is 2. The van der Waals surface area contributed by atoms with E-state index in [2.05, 4.69) is 27.6 Å². The first-order chi connectivity index (χ1) is 37.1. The number of cyclic esters (lactones) is 1. The van der Waals surface area contributed by atoms with Gasteiger partial charge in [-0.05, 0) is 125 Å². The van der Waals surface area contributed by atoms with Gasteiger partial charge in [0.15, 0.2) is 0 Å². The van der Waals surface area contributed by atoms with Crippen molar-refractivity contribution in [2.45, 2.75) is 129 Å². The second kappa shape index (κ2) is 22.7. The highest BCUT2D eigenvalue weighted by atomic mass is 19.4. The van der Waals surface area contributed by atoms with Gasteiger partial charge in [0.25, 0.3) is 11.8 Å². The van der Waals surface area contributed by atoms with Crippen LogP contribution in [-0.2, 0) is 52.8 Å². The Morgan fingerprint density at radius 1 is 0.975 bits per heavy atom. The molecular weight excluding hydrogens is 1020 g/mol. The van der Waals surface area contributed by atoms with Crippen LogP contribution in [0.1, 0.15) is 97.1 Å². The number of methoxy groups -OCH3 is 1. The molecule has 6 heterocycles. The lowest BCUT2D eigenvalue weighted by molar-refractivity contribution is -0.155. The quantitative estimate of drug-likeness (QED) is 0.128. The van der Waals surface area contributed by atoms with Crippen LogP contribution in [0.25, 0.3) is 33.3 Å². The van der Waals surface area contributed by atoms with Crippen LogP contribution in [0, 0.1) is 28.6 Å². The summed E-state index contributed by atoms with van der Waals surface area (Å²) in [6.45, 7) is 12.2. The van der Waals surface area contributed by atoms with E-state index in [0.717, 1.165) is 4.90 Å². The van der Waals surface area contributed by atoms with Gasteiger partial charge in [-0.3, -0.25) is 43.8 Å². The third-order valence-electron chi connectivity index (χ3n) is 16.2. The number of imide groups is 1. The molecule has 6 bridgehead atoms. The van der Waals surface area contributed by atoms with Gasteiger partial charge < -0.3 is 29.2 Å². The fraction of sp³-hybridized carbons (Fsp3) is 0.542. The minimum atomic E-state index is -4.61. The Labute approximate surface area is 460 Å². The molecule has 6 amide bonds. The van der Waals surface area contributed by atoms with Gasteiger partial charge in [0.2, 0.25) is 11.8 Å². The summed E-state index contributed by atoms with van der Waals surface area (Å²) in [4.78, 5) is 96.1. The van der Waals surface area contributed by atoms with E-state index >= 15 is 0 Å². The lowest BCUT2D eigenvalue weighted by Crippen LogP contribution is -2.62. The van der Waals surface area contributed by atoms with Crippen LogP contribution in [0.3, 0.4) is 0 Å². The second-order valence-corrected chi connectivity index (χ2v) is 23.6. The number of ether oxygens (including phenoxy) is 2. The molecule has 2 N–H and O–H groups in total. The largest absolute Gasteiger partial charge is 0.464 e. The Morgan fingerprint density at radius 2 is 1.70 bits per heavy atom.